The van der Waals surface area contributed by atoms with Gasteiger partial charge in [-0.15, -0.1) is 0 Å². The molecular weight excluding hydrogens is 1530 g/mol. The molecule has 24 aromatic rings. The molecule has 0 fully saturated rings. The number of carbonyl (C=O) groups excluding carboxylic acids is 1. The molecule has 0 aliphatic carbocycles. The number of H-pyrrole nitrogens is 2. The molecule has 0 aliphatic rings. The van der Waals surface area contributed by atoms with Gasteiger partial charge in [0, 0.05) is 235 Å². The lowest BCUT2D eigenvalue weighted by atomic mass is 10.1. The van der Waals surface area contributed by atoms with Gasteiger partial charge in [-0.05, 0) is 129 Å². The molecule has 0 bridgehead atoms. The van der Waals surface area contributed by atoms with Crippen molar-refractivity contribution in [1.29, 1.82) is 0 Å². The number of para-hydroxylation sites is 3. The van der Waals surface area contributed by atoms with E-state index in [0.717, 1.165) is 148 Å². The molecule has 0 saturated heterocycles. The summed E-state index contributed by atoms with van der Waals surface area (Å²) in [5.74, 6) is 4.15. The van der Waals surface area contributed by atoms with Crippen molar-refractivity contribution in [1.82, 2.24) is 58.1 Å². The first kappa shape index (κ1) is 78.4. The largest absolute Gasteiger partial charge is 0.441 e. The quantitative estimate of drug-likeness (QED) is 0.109. The molecule has 21 heteroatoms. The monoisotopic (exact) mass is 1630 g/mol. The van der Waals surface area contributed by atoms with Gasteiger partial charge in [-0.1, -0.05) is 106 Å². The second-order valence-electron chi connectivity index (χ2n) is 32.3. The van der Waals surface area contributed by atoms with Gasteiger partial charge < -0.3 is 65.0 Å². The zero-order valence-corrected chi connectivity index (χ0v) is 71.7. The van der Waals surface area contributed by atoms with Crippen LogP contribution in [0.1, 0.15) is 107 Å². The molecule has 3 N–H and O–H groups in total. The highest BCUT2D eigenvalue weighted by Gasteiger charge is 2.21. The number of benzene rings is 12. The summed E-state index contributed by atoms with van der Waals surface area (Å²) in [6, 6.07) is 69.6. The first-order valence-corrected chi connectivity index (χ1v) is 42.4. The molecule has 21 nitrogen and oxygen atoms in total. The zero-order valence-electron chi connectivity index (χ0n) is 71.7. The Morgan fingerprint density at radius 1 is 0.333 bits per heavy atom. The van der Waals surface area contributed by atoms with Crippen LogP contribution in [-0.2, 0) is 32.5 Å². The van der Waals surface area contributed by atoms with E-state index in [1.807, 2.05) is 103 Å². The predicted octanol–water partition coefficient (Wildman–Crippen LogP) is 26.6. The number of aryl methyl sites for hydroxylation is 11. The van der Waals surface area contributed by atoms with E-state index < -0.39 is 0 Å². The van der Waals surface area contributed by atoms with Crippen molar-refractivity contribution < 1.29 is 31.3 Å². The molecule has 12 heterocycles. The third kappa shape index (κ3) is 14.7. The fraction of sp³-hybridized carbons (Fsp3) is 0.225. The summed E-state index contributed by atoms with van der Waals surface area (Å²) in [4.78, 5) is 47.2. The number of nitrogens with one attached hydrogen (secondary N) is 3. The number of aromatic nitrogens is 12. The first-order valence-electron chi connectivity index (χ1n) is 42.4. The molecule has 0 saturated carbocycles. The Hall–Kier alpha value is -14.5. The third-order valence-electron chi connectivity index (χ3n) is 23.6. The molecule has 24 rings (SSSR count). The number of nitrogens with zero attached hydrogens (tertiary/aromatic N) is 11. The molecule has 12 aromatic heterocycles. The molecule has 0 atom stereocenters. The van der Waals surface area contributed by atoms with Crippen molar-refractivity contribution in [3.8, 4) is 0 Å². The van der Waals surface area contributed by atoms with Crippen LogP contribution in [0, 0.1) is 48.5 Å². The van der Waals surface area contributed by atoms with Crippen LogP contribution in [0.3, 0.4) is 0 Å². The Kier molecular flexibility index (Phi) is 20.3. The number of unbranched alkanes of at least 4 members (excludes halogenated alkanes) is 3. The zero-order chi connectivity index (χ0) is 84.7. The summed E-state index contributed by atoms with van der Waals surface area (Å²) in [7, 11) is 6.24. The highest BCUT2D eigenvalue weighted by molar-refractivity contribution is 6.17. The predicted molar refractivity (Wildman–Crippen MR) is 502 cm³/mol. The highest BCUT2D eigenvalue weighted by atomic mass is 16.4. The minimum absolute atomic E-state index is 0.0749. The molecule has 0 spiro atoms. The van der Waals surface area contributed by atoms with Gasteiger partial charge in [-0.3, -0.25) is 4.79 Å². The summed E-state index contributed by atoms with van der Waals surface area (Å²) in [6.07, 6.45) is 7.29. The number of rotatable bonds is 11. The average Bonchev–Trinajstić information content (AvgIpc) is 1.50. The van der Waals surface area contributed by atoms with Gasteiger partial charge in [0.05, 0.1) is 33.1 Å². The third-order valence-corrected chi connectivity index (χ3v) is 23.6. The molecular formula is C102H96N14O7. The number of oxazole rings is 6. The van der Waals surface area contributed by atoms with Gasteiger partial charge in [0.2, 0.25) is 5.91 Å². The van der Waals surface area contributed by atoms with Crippen LogP contribution in [0.15, 0.2) is 227 Å². The van der Waals surface area contributed by atoms with E-state index in [9.17, 15) is 4.79 Å². The normalized spacial score (nSPS) is 11.8. The van der Waals surface area contributed by atoms with E-state index in [1.165, 1.54) is 144 Å². The van der Waals surface area contributed by atoms with E-state index in [1.54, 1.807) is 0 Å². The Morgan fingerprint density at radius 3 is 1.17 bits per heavy atom. The maximum atomic E-state index is 11.3. The lowest BCUT2D eigenvalue weighted by molar-refractivity contribution is -0.114. The lowest BCUT2D eigenvalue weighted by Crippen LogP contribution is -2.25. The molecule has 0 unspecified atom stereocenters. The van der Waals surface area contributed by atoms with E-state index in [4.69, 9.17) is 26.5 Å². The second kappa shape index (κ2) is 31.9. The lowest BCUT2D eigenvalue weighted by Gasteiger charge is -2.25. The second-order valence-corrected chi connectivity index (χ2v) is 32.3. The number of amides is 1. The van der Waals surface area contributed by atoms with Crippen molar-refractivity contribution in [2.75, 3.05) is 23.3 Å². The van der Waals surface area contributed by atoms with E-state index in [2.05, 4.69) is 256 Å². The minimum Gasteiger partial charge on any atom is -0.441 e. The van der Waals surface area contributed by atoms with E-state index in [0.29, 0.717) is 23.6 Å². The molecule has 12 aromatic carbocycles. The summed E-state index contributed by atoms with van der Waals surface area (Å²) in [6.45, 7) is 24.9. The Morgan fingerprint density at radius 2 is 0.691 bits per heavy atom. The number of aromatic amines is 2. The Balaban J connectivity index is 0.0000000976. The highest BCUT2D eigenvalue weighted by Crippen LogP contribution is 2.40. The maximum absolute atomic E-state index is 11.3. The van der Waals surface area contributed by atoms with Gasteiger partial charge in [-0.25, -0.2) is 29.9 Å². The molecule has 1 amide bonds. The van der Waals surface area contributed by atoms with Crippen LogP contribution in [0.2, 0.25) is 0 Å². The van der Waals surface area contributed by atoms with E-state index in [-0.39, 0.29) is 5.91 Å². The van der Waals surface area contributed by atoms with Crippen molar-refractivity contribution in [2.45, 2.75) is 121 Å². The van der Waals surface area contributed by atoms with Crippen LogP contribution in [0.5, 0.6) is 0 Å². The van der Waals surface area contributed by atoms with Crippen molar-refractivity contribution >= 4 is 215 Å². The van der Waals surface area contributed by atoms with Crippen LogP contribution in [-0.4, -0.2) is 77.1 Å². The summed E-state index contributed by atoms with van der Waals surface area (Å²) < 4.78 is 42.8. The number of anilines is 2. The minimum atomic E-state index is -0.0749. The SMILES string of the molecule is CC(=O)Nc1ccc2c(c1)c1cc3nc(C)oc3cc1n2C.CCCCN(CCCC)c1ccc2c(c1)c1cc3nc(C)oc3cc1n2C.CCCCn1c2ccccc2c2cc3nc(C)oc3cc21.Cc1ccc2[nH]c3cc4oc(C)nc4cc3c2c1.Cc1nc2cc3c(cc2o1)[nH]c1ccccc13.Cc1nc2cc3c4ccccc4n(C)c3cc2o1. The molecule has 616 valence electrons. The van der Waals surface area contributed by atoms with Gasteiger partial charge in [0.1, 0.15) is 33.1 Å². The number of hydrogen-bond acceptors (Lipinski definition) is 14. The van der Waals surface area contributed by atoms with Gasteiger partial charge in [0.25, 0.3) is 0 Å². The number of carbonyl (C=O) groups is 1. The maximum Gasteiger partial charge on any atom is 0.221 e. The van der Waals surface area contributed by atoms with Gasteiger partial charge >= 0.3 is 0 Å². The average molecular weight is 1630 g/mol. The van der Waals surface area contributed by atoms with Crippen molar-refractivity contribution in [2.24, 2.45) is 21.1 Å². The summed E-state index contributed by atoms with van der Waals surface area (Å²) in [5, 5.41) is 17.5. The van der Waals surface area contributed by atoms with Gasteiger partial charge in [0.15, 0.2) is 68.8 Å². The first-order chi connectivity index (χ1) is 59.7. The van der Waals surface area contributed by atoms with E-state index >= 15 is 0 Å². The van der Waals surface area contributed by atoms with Gasteiger partial charge in [-0.2, -0.15) is 0 Å². The number of hydrogen-bond donors (Lipinski definition) is 3. The smallest absolute Gasteiger partial charge is 0.221 e. The topological polar surface area (TPSA) is 240 Å². The molecule has 0 aliphatic heterocycles. The van der Waals surface area contributed by atoms with Crippen LogP contribution >= 0.6 is 0 Å². The molecule has 123 heavy (non-hydrogen) atoms. The fourth-order valence-corrected chi connectivity index (χ4v) is 17.8. The summed E-state index contributed by atoms with van der Waals surface area (Å²) >= 11 is 0. The Labute approximate surface area is 706 Å². The van der Waals surface area contributed by atoms with Crippen LogP contribution in [0.4, 0.5) is 11.4 Å². The van der Waals surface area contributed by atoms with Crippen LogP contribution in [0.25, 0.3) is 197 Å². The Bertz CT molecular complexity index is 8210. The number of fused-ring (bicyclic) bond motifs is 24. The summed E-state index contributed by atoms with van der Waals surface area (Å²) in [5.41, 5.74) is 28.0. The molecule has 0 radical (unpaired) electrons. The van der Waals surface area contributed by atoms with Crippen LogP contribution < -0.4 is 10.2 Å². The van der Waals surface area contributed by atoms with Crippen molar-refractivity contribution in [3.63, 3.8) is 0 Å². The van der Waals surface area contributed by atoms with Crippen molar-refractivity contribution in [3.05, 3.63) is 241 Å². The standard InChI is InChI=1S/C23H29N3O.C18H18N2O.C17H15N3O2.2C15H12N2O.C14H10N2O/c1-5-7-11-26(12-8-6-2)17-9-10-21-18(13-17)19-14-20-23(27-16(3)24-20)15-22(19)25(21)4;1-3-4-9-20-16-8-6-5-7-13(16)14-10-15-18(11-17(14)20)21-12(2)19-15;1-9(21)18-11-4-5-15-12(6-11)13-7-14-17(22-10(2)19-14)8-16(13)20(15)3;1-8-3-4-12-10(5-8)11-6-14-15(7-13(11)17-12)18-9(2)16-14;1-9-16-12-7-11-10-5-3-4-6-13(10)17(2)14(11)8-15(12)18-9;1-8-15-13-6-10-9-4-2-3-5-11(9)16-12(10)7-14(13)17-8/h9-10,13-15H,5-8,11-12H2,1-4H3;5-8,10-11H,3-4,9H2,1-2H3;4-8H,1-3H3,(H,18,21);3-7,17H,1-2H3;3-8H,1-2H3;2-7,16H,1H3. The fourth-order valence-electron chi connectivity index (χ4n) is 17.8.